The molecule has 0 saturated heterocycles. The SMILES string of the molecule is CSc1nc2cc(C)n(Cc3cccc(C)c3)c2c(=O)n1CCC(C)C. The predicted octanol–water partition coefficient (Wildman–Crippen LogP) is 4.63. The molecule has 0 radical (unpaired) electrons. The summed E-state index contributed by atoms with van der Waals surface area (Å²) in [5.74, 6) is 0.549. The quantitative estimate of drug-likeness (QED) is 0.470. The second-order valence-corrected chi connectivity index (χ2v) is 8.11. The molecule has 3 rings (SSSR count). The second-order valence-electron chi connectivity index (χ2n) is 7.33. The zero-order valence-corrected chi connectivity index (χ0v) is 17.1. The summed E-state index contributed by atoms with van der Waals surface area (Å²) in [6.07, 6.45) is 2.95. The van der Waals surface area contributed by atoms with Gasteiger partial charge in [0.15, 0.2) is 5.16 Å². The minimum atomic E-state index is 0.0701. The largest absolute Gasteiger partial charge is 0.335 e. The number of hydrogen-bond donors (Lipinski definition) is 0. The van der Waals surface area contributed by atoms with E-state index in [1.807, 2.05) is 23.8 Å². The number of benzene rings is 1. The van der Waals surface area contributed by atoms with E-state index >= 15 is 0 Å². The third-order valence-corrected chi connectivity index (χ3v) is 5.39. The van der Waals surface area contributed by atoms with Crippen LogP contribution in [-0.2, 0) is 13.1 Å². The van der Waals surface area contributed by atoms with E-state index in [1.54, 1.807) is 0 Å². The summed E-state index contributed by atoms with van der Waals surface area (Å²) in [5.41, 5.74) is 5.08. The van der Waals surface area contributed by atoms with Gasteiger partial charge in [0.05, 0.1) is 5.52 Å². The van der Waals surface area contributed by atoms with Crippen molar-refractivity contribution >= 4 is 22.8 Å². The Kier molecular flexibility index (Phi) is 5.56. The molecular formula is C21H27N3OS. The zero-order chi connectivity index (χ0) is 18.8. The van der Waals surface area contributed by atoms with Gasteiger partial charge in [0, 0.05) is 18.8 Å². The molecule has 0 bridgehead atoms. The smallest absolute Gasteiger partial charge is 0.278 e. The van der Waals surface area contributed by atoms with Crippen molar-refractivity contribution in [2.45, 2.75) is 52.4 Å². The standard InChI is InChI=1S/C21H27N3OS/c1-14(2)9-10-23-20(25)19-18(22-21(23)26-5)12-16(4)24(19)13-17-8-6-7-15(3)11-17/h6-8,11-12,14H,9-10,13H2,1-5H3. The zero-order valence-electron chi connectivity index (χ0n) is 16.2. The highest BCUT2D eigenvalue weighted by molar-refractivity contribution is 7.98. The van der Waals surface area contributed by atoms with Crippen LogP contribution >= 0.6 is 11.8 Å². The van der Waals surface area contributed by atoms with Gasteiger partial charge >= 0.3 is 0 Å². The van der Waals surface area contributed by atoms with E-state index in [4.69, 9.17) is 4.98 Å². The van der Waals surface area contributed by atoms with Gasteiger partial charge in [-0.25, -0.2) is 4.98 Å². The van der Waals surface area contributed by atoms with Crippen LogP contribution in [0.3, 0.4) is 0 Å². The molecule has 0 atom stereocenters. The molecular weight excluding hydrogens is 342 g/mol. The number of nitrogens with zero attached hydrogens (tertiary/aromatic N) is 3. The second kappa shape index (κ2) is 7.70. The van der Waals surface area contributed by atoms with Gasteiger partial charge in [0.2, 0.25) is 0 Å². The molecule has 0 fully saturated rings. The van der Waals surface area contributed by atoms with E-state index in [0.29, 0.717) is 24.5 Å². The Balaban J connectivity index is 2.13. The topological polar surface area (TPSA) is 39.8 Å². The van der Waals surface area contributed by atoms with Gasteiger partial charge < -0.3 is 4.57 Å². The molecule has 2 heterocycles. The average Bonchev–Trinajstić information content (AvgIpc) is 2.89. The molecule has 0 spiro atoms. The van der Waals surface area contributed by atoms with Crippen LogP contribution < -0.4 is 5.56 Å². The first-order chi connectivity index (χ1) is 12.4. The predicted molar refractivity (Wildman–Crippen MR) is 110 cm³/mol. The van der Waals surface area contributed by atoms with E-state index in [-0.39, 0.29) is 5.56 Å². The van der Waals surface area contributed by atoms with E-state index in [9.17, 15) is 4.79 Å². The molecule has 0 aliphatic carbocycles. The van der Waals surface area contributed by atoms with Crippen LogP contribution in [0.5, 0.6) is 0 Å². The van der Waals surface area contributed by atoms with Crippen molar-refractivity contribution in [1.82, 2.24) is 14.1 Å². The van der Waals surface area contributed by atoms with Crippen molar-refractivity contribution in [3.05, 3.63) is 57.5 Å². The lowest BCUT2D eigenvalue weighted by Gasteiger charge is -2.14. The van der Waals surface area contributed by atoms with Gasteiger partial charge in [-0.3, -0.25) is 9.36 Å². The first kappa shape index (κ1) is 18.8. The number of aryl methyl sites for hydroxylation is 2. The summed E-state index contributed by atoms with van der Waals surface area (Å²) in [5, 5.41) is 0.802. The maximum Gasteiger partial charge on any atom is 0.278 e. The summed E-state index contributed by atoms with van der Waals surface area (Å²) in [6, 6.07) is 10.5. The minimum absolute atomic E-state index is 0.0701. The number of thioether (sulfide) groups is 1. The Bertz CT molecular complexity index is 985. The van der Waals surface area contributed by atoms with E-state index in [0.717, 1.165) is 22.8 Å². The first-order valence-corrected chi connectivity index (χ1v) is 10.3. The normalized spacial score (nSPS) is 11.6. The lowest BCUT2D eigenvalue weighted by atomic mass is 10.1. The lowest BCUT2D eigenvalue weighted by Crippen LogP contribution is -2.25. The van der Waals surface area contributed by atoms with Crippen LogP contribution in [-0.4, -0.2) is 20.4 Å². The molecule has 1 aromatic carbocycles. The highest BCUT2D eigenvalue weighted by atomic mass is 32.2. The molecule has 0 aliphatic heterocycles. The van der Waals surface area contributed by atoms with E-state index in [2.05, 4.69) is 49.6 Å². The van der Waals surface area contributed by atoms with Crippen molar-refractivity contribution in [1.29, 1.82) is 0 Å². The van der Waals surface area contributed by atoms with Crippen LogP contribution in [0.4, 0.5) is 0 Å². The fourth-order valence-electron chi connectivity index (χ4n) is 3.28. The molecule has 0 aliphatic rings. The average molecular weight is 370 g/mol. The van der Waals surface area contributed by atoms with Crippen LogP contribution in [0, 0.1) is 19.8 Å². The summed E-state index contributed by atoms with van der Waals surface area (Å²) in [6.45, 7) is 9.91. The van der Waals surface area contributed by atoms with E-state index < -0.39 is 0 Å². The Hall–Kier alpha value is -2.01. The van der Waals surface area contributed by atoms with Gasteiger partial charge in [0.25, 0.3) is 5.56 Å². The van der Waals surface area contributed by atoms with Crippen LogP contribution in [0.25, 0.3) is 11.0 Å². The van der Waals surface area contributed by atoms with Crippen LogP contribution in [0.2, 0.25) is 0 Å². The molecule has 0 saturated carbocycles. The highest BCUT2D eigenvalue weighted by Crippen LogP contribution is 2.21. The molecule has 4 nitrogen and oxygen atoms in total. The van der Waals surface area contributed by atoms with Crippen molar-refractivity contribution in [3.8, 4) is 0 Å². The molecule has 0 N–H and O–H groups in total. The maximum absolute atomic E-state index is 13.3. The Labute approximate surface area is 159 Å². The molecule has 0 unspecified atom stereocenters. The number of aromatic nitrogens is 3. The lowest BCUT2D eigenvalue weighted by molar-refractivity contribution is 0.480. The summed E-state index contributed by atoms with van der Waals surface area (Å²) in [4.78, 5) is 18.1. The molecule has 5 heteroatoms. The molecule has 3 aromatic rings. The first-order valence-electron chi connectivity index (χ1n) is 9.11. The molecule has 26 heavy (non-hydrogen) atoms. The van der Waals surface area contributed by atoms with Gasteiger partial charge in [0.1, 0.15) is 5.52 Å². The van der Waals surface area contributed by atoms with Crippen LogP contribution in [0.1, 0.15) is 37.1 Å². The van der Waals surface area contributed by atoms with Crippen molar-refractivity contribution in [2.24, 2.45) is 5.92 Å². The molecule has 0 amide bonds. The Morgan fingerprint density at radius 2 is 1.92 bits per heavy atom. The van der Waals surface area contributed by atoms with Gasteiger partial charge in [-0.15, -0.1) is 0 Å². The van der Waals surface area contributed by atoms with Gasteiger partial charge in [-0.1, -0.05) is 55.4 Å². The Morgan fingerprint density at radius 3 is 2.58 bits per heavy atom. The highest BCUT2D eigenvalue weighted by Gasteiger charge is 2.17. The molecule has 138 valence electrons. The fraction of sp³-hybridized carbons (Fsp3) is 0.429. The van der Waals surface area contributed by atoms with Gasteiger partial charge in [-0.05, 0) is 44.1 Å². The van der Waals surface area contributed by atoms with Crippen molar-refractivity contribution in [3.63, 3.8) is 0 Å². The minimum Gasteiger partial charge on any atom is -0.335 e. The third-order valence-electron chi connectivity index (χ3n) is 4.71. The van der Waals surface area contributed by atoms with Crippen molar-refractivity contribution in [2.75, 3.05) is 6.26 Å². The number of fused-ring (bicyclic) bond motifs is 1. The van der Waals surface area contributed by atoms with Gasteiger partial charge in [-0.2, -0.15) is 0 Å². The third kappa shape index (κ3) is 3.73. The Morgan fingerprint density at radius 1 is 1.15 bits per heavy atom. The molecule has 2 aromatic heterocycles. The number of rotatable bonds is 6. The fourth-order valence-corrected chi connectivity index (χ4v) is 3.87. The number of hydrogen-bond acceptors (Lipinski definition) is 3. The van der Waals surface area contributed by atoms with Crippen molar-refractivity contribution < 1.29 is 0 Å². The summed E-state index contributed by atoms with van der Waals surface area (Å²) >= 11 is 1.54. The van der Waals surface area contributed by atoms with Crippen LogP contribution in [0.15, 0.2) is 40.3 Å². The van der Waals surface area contributed by atoms with E-state index in [1.165, 1.54) is 22.9 Å². The monoisotopic (exact) mass is 369 g/mol. The summed E-state index contributed by atoms with van der Waals surface area (Å²) in [7, 11) is 0. The summed E-state index contributed by atoms with van der Waals surface area (Å²) < 4.78 is 3.95. The maximum atomic E-state index is 13.3.